The van der Waals surface area contributed by atoms with Crippen molar-refractivity contribution in [1.29, 1.82) is 0 Å². The van der Waals surface area contributed by atoms with Gasteiger partial charge < -0.3 is 13.7 Å². The lowest BCUT2D eigenvalue weighted by atomic mass is 9.62. The maximum Gasteiger partial charge on any atom is 0.144 e. The van der Waals surface area contributed by atoms with Gasteiger partial charge in [0.15, 0.2) is 0 Å². The van der Waals surface area contributed by atoms with Crippen LogP contribution in [-0.2, 0) is 21.7 Å². The number of hydrogen-bond acceptors (Lipinski definition) is 4. The van der Waals surface area contributed by atoms with Gasteiger partial charge in [-0.05, 0) is 202 Å². The first-order chi connectivity index (χ1) is 59.7. The molecule has 0 atom stereocenters. The molecular weight excluding hydrogens is 1470 g/mol. The quantitative estimate of drug-likeness (QED) is 0.0356. The van der Waals surface area contributed by atoms with Crippen molar-refractivity contribution in [3.05, 3.63) is 202 Å². The number of para-hydroxylation sites is 2. The molecule has 644 valence electrons. The monoisotopic (exact) mass is 1620 g/mol. The van der Waals surface area contributed by atoms with Crippen LogP contribution in [0, 0.1) is 0 Å². The number of anilines is 3. The molecule has 4 aliphatic rings. The minimum atomic E-state index is -0.257. The third kappa shape index (κ3) is 17.9. The molecule has 0 saturated heterocycles. The lowest BCUT2D eigenvalue weighted by Gasteiger charge is -2.40. The summed E-state index contributed by atoms with van der Waals surface area (Å²) in [4.78, 5) is 7.59. The van der Waals surface area contributed by atoms with Crippen molar-refractivity contribution in [2.24, 2.45) is 0 Å². The Kier molecular flexibility index (Phi) is 30.8. The number of aromatic nitrogens is 1. The molecule has 0 bridgehead atoms. The third-order valence-corrected chi connectivity index (χ3v) is 30.7. The molecule has 0 saturated carbocycles. The Labute approximate surface area is 732 Å². The Morgan fingerprint density at radius 2 is 0.595 bits per heavy atom. The van der Waals surface area contributed by atoms with Gasteiger partial charge >= 0.3 is 0 Å². The number of unbranched alkanes of at least 4 members (excludes halogenated alkanes) is 36. The first-order valence-corrected chi connectivity index (χ1v) is 51.0. The van der Waals surface area contributed by atoms with E-state index in [0.717, 1.165) is 48.0 Å². The van der Waals surface area contributed by atoms with Crippen molar-refractivity contribution >= 4 is 60.9 Å². The number of nitrogens with zero attached hydrogens (tertiary/aromatic N) is 2. The Hall–Kier alpha value is -7.69. The van der Waals surface area contributed by atoms with E-state index in [9.17, 15) is 0 Å². The van der Waals surface area contributed by atoms with Crippen LogP contribution >= 0.6 is 0 Å². The molecule has 3 aromatic heterocycles. The van der Waals surface area contributed by atoms with Crippen LogP contribution in [0.15, 0.2) is 167 Å². The van der Waals surface area contributed by atoms with Gasteiger partial charge in [-0.1, -0.05) is 417 Å². The summed E-state index contributed by atoms with van der Waals surface area (Å²) in [6.45, 7) is 19.1. The van der Waals surface area contributed by atoms with Crippen LogP contribution in [0.1, 0.15) is 434 Å². The van der Waals surface area contributed by atoms with Crippen LogP contribution in [0.25, 0.3) is 88.4 Å². The molecule has 0 spiro atoms. The van der Waals surface area contributed by atoms with Crippen molar-refractivity contribution in [2.45, 2.75) is 411 Å². The maximum atomic E-state index is 7.69. The summed E-state index contributed by atoms with van der Waals surface area (Å²) in [5.41, 5.74) is 31.8. The molecule has 121 heavy (non-hydrogen) atoms. The van der Waals surface area contributed by atoms with Crippen LogP contribution < -0.4 is 4.90 Å². The van der Waals surface area contributed by atoms with Gasteiger partial charge in [0.25, 0.3) is 0 Å². The van der Waals surface area contributed by atoms with Gasteiger partial charge in [-0.2, -0.15) is 0 Å². The standard InChI is InChI=1S/C117H154N2O2/c1-9-17-25-33-41-51-73-114(74-52-42-34-26-18-10-2)98-69-70-105-107(93-60-46-49-63-103(93)120-105)106(98)96-86-101-95(85-102(96)114)90-67-65-88(83-99(90)115(101,75-53-43-35-27-19-11-3)76-54-44-36-28-20-12-4)119(87-71-81-118-82-72-87)89-66-68-92-100(84-89)117(79-57-39-31-23-15-7,80-58-40-32-24-16-8)111-108(92)109-94-61-47-50-64-104(94)121-113(109)110-91-59-45-48-62-97(91)116(112(110)111,77-55-37-29-21-13-5)78-56-38-30-22-14-6/h45-50,59-72,81-86H,9-44,51-58,73-80H2,1-8H3. The average Bonchev–Trinajstić information content (AvgIpc) is 1.50. The molecule has 4 nitrogen and oxygen atoms in total. The van der Waals surface area contributed by atoms with Crippen molar-refractivity contribution in [3.63, 3.8) is 0 Å². The van der Waals surface area contributed by atoms with Crippen LogP contribution in [0.3, 0.4) is 0 Å². The SMILES string of the molecule is CCCCCCCCC1(CCCCCCCC)c2cc(N(c3ccncc3)c3ccc4c(c3)C(CCCCCCC)(CCCCCCC)c3c5c(c6oc7ccccc7c6c3-4)-c3ccccc3C5(CCCCCCC)CCCCCCC)ccc2-c2cc3c(cc21)-c1c(ccc2oc4ccccc4c12)C3(CCCCCCCC)CCCCCCCC. The fourth-order valence-corrected chi connectivity index (χ4v) is 24.5. The molecule has 11 aromatic rings. The van der Waals surface area contributed by atoms with E-state index in [1.165, 1.54) is 391 Å². The maximum absolute atomic E-state index is 7.69. The van der Waals surface area contributed by atoms with E-state index in [1.807, 2.05) is 0 Å². The molecule has 3 heterocycles. The Balaban J connectivity index is 0.971. The van der Waals surface area contributed by atoms with E-state index in [2.05, 4.69) is 218 Å². The zero-order valence-electron chi connectivity index (χ0n) is 77.0. The number of furan rings is 2. The summed E-state index contributed by atoms with van der Waals surface area (Å²) in [5, 5.41) is 5.23. The average molecular weight is 1620 g/mol. The molecule has 0 amide bonds. The minimum Gasteiger partial charge on any atom is -0.456 e. The van der Waals surface area contributed by atoms with E-state index in [4.69, 9.17) is 13.8 Å². The Bertz CT molecular complexity index is 5090. The zero-order valence-corrected chi connectivity index (χ0v) is 77.0. The molecule has 15 rings (SSSR count). The number of hydrogen-bond donors (Lipinski definition) is 0. The summed E-state index contributed by atoms with van der Waals surface area (Å²) in [5.74, 6) is 0. The van der Waals surface area contributed by atoms with Crippen LogP contribution in [0.5, 0.6) is 0 Å². The van der Waals surface area contributed by atoms with Gasteiger partial charge in [0, 0.05) is 78.2 Å². The van der Waals surface area contributed by atoms with Crippen molar-refractivity contribution in [2.75, 3.05) is 4.90 Å². The van der Waals surface area contributed by atoms with E-state index in [-0.39, 0.29) is 21.7 Å². The number of pyridine rings is 1. The fraction of sp³-hybridized carbons (Fsp3) is 0.547. The highest BCUT2D eigenvalue weighted by Crippen LogP contribution is 2.69. The van der Waals surface area contributed by atoms with Crippen molar-refractivity contribution in [1.82, 2.24) is 4.98 Å². The fourth-order valence-electron chi connectivity index (χ4n) is 24.5. The largest absolute Gasteiger partial charge is 0.456 e. The van der Waals surface area contributed by atoms with Crippen molar-refractivity contribution < 1.29 is 8.83 Å². The molecule has 0 fully saturated rings. The van der Waals surface area contributed by atoms with E-state index < -0.39 is 0 Å². The van der Waals surface area contributed by atoms with E-state index >= 15 is 0 Å². The molecule has 0 radical (unpaired) electrons. The molecule has 0 N–H and O–H groups in total. The lowest BCUT2D eigenvalue weighted by Crippen LogP contribution is -2.33. The van der Waals surface area contributed by atoms with Crippen LogP contribution in [0.2, 0.25) is 0 Å². The van der Waals surface area contributed by atoms with E-state index in [0.29, 0.717) is 0 Å². The van der Waals surface area contributed by atoms with Gasteiger partial charge in [-0.3, -0.25) is 4.98 Å². The molecular formula is C117H154N2O2. The molecule has 4 aliphatic carbocycles. The van der Waals surface area contributed by atoms with Gasteiger partial charge in [0.05, 0.1) is 0 Å². The smallest absolute Gasteiger partial charge is 0.144 e. The summed E-state index contributed by atoms with van der Waals surface area (Å²) in [7, 11) is 0. The predicted octanol–water partition coefficient (Wildman–Crippen LogP) is 37.9. The van der Waals surface area contributed by atoms with Crippen molar-refractivity contribution in [3.8, 4) is 44.5 Å². The number of benzene rings is 8. The second-order valence-electron chi connectivity index (χ2n) is 38.8. The van der Waals surface area contributed by atoms with Gasteiger partial charge in [0.1, 0.15) is 22.3 Å². The molecule has 4 heteroatoms. The lowest BCUT2D eigenvalue weighted by molar-refractivity contribution is 0.369. The highest BCUT2D eigenvalue weighted by Gasteiger charge is 2.55. The van der Waals surface area contributed by atoms with Gasteiger partial charge in [0.2, 0.25) is 0 Å². The highest BCUT2D eigenvalue weighted by atomic mass is 16.3. The third-order valence-electron chi connectivity index (χ3n) is 30.7. The zero-order chi connectivity index (χ0) is 83.4. The first-order valence-electron chi connectivity index (χ1n) is 51.0. The Morgan fingerprint density at radius 3 is 1.08 bits per heavy atom. The molecule has 8 aromatic carbocycles. The highest BCUT2D eigenvalue weighted by molar-refractivity contribution is 6.21. The first kappa shape index (κ1) is 88.2. The molecule has 0 unspecified atom stereocenters. The second kappa shape index (κ2) is 42.3. The minimum absolute atomic E-state index is 0.109. The second-order valence-corrected chi connectivity index (χ2v) is 38.8. The summed E-state index contributed by atoms with van der Waals surface area (Å²) in [6, 6.07) is 59.7. The summed E-state index contributed by atoms with van der Waals surface area (Å²) in [6.07, 6.45) is 69.8. The van der Waals surface area contributed by atoms with E-state index in [1.54, 1.807) is 44.5 Å². The van der Waals surface area contributed by atoms with Crippen LogP contribution in [-0.4, -0.2) is 4.98 Å². The summed E-state index contributed by atoms with van der Waals surface area (Å²) < 4.78 is 14.7. The molecule has 0 aliphatic heterocycles. The number of rotatable bonds is 55. The predicted molar refractivity (Wildman–Crippen MR) is 524 cm³/mol. The summed E-state index contributed by atoms with van der Waals surface area (Å²) >= 11 is 0. The number of fused-ring (bicyclic) bond motifs is 22. The Morgan fingerprint density at radius 1 is 0.240 bits per heavy atom. The van der Waals surface area contributed by atoms with Crippen LogP contribution in [0.4, 0.5) is 17.1 Å². The normalized spacial score (nSPS) is 14.6. The van der Waals surface area contributed by atoms with Gasteiger partial charge in [-0.25, -0.2) is 0 Å². The van der Waals surface area contributed by atoms with Gasteiger partial charge in [-0.15, -0.1) is 0 Å². The topological polar surface area (TPSA) is 42.4 Å².